The lowest BCUT2D eigenvalue weighted by Gasteiger charge is -2.31. The van der Waals surface area contributed by atoms with E-state index in [-0.39, 0.29) is 12.3 Å². The molecule has 1 unspecified atom stereocenters. The number of benzene rings is 1. The van der Waals surface area contributed by atoms with Crippen LogP contribution in [0.4, 0.5) is 4.79 Å². The summed E-state index contributed by atoms with van der Waals surface area (Å²) in [7, 11) is 1.26. The van der Waals surface area contributed by atoms with Crippen molar-refractivity contribution in [2.24, 2.45) is 0 Å². The van der Waals surface area contributed by atoms with Crippen LogP contribution < -0.4 is 0 Å². The molecular weight excluding hydrogens is 286 g/mol. The van der Waals surface area contributed by atoms with E-state index in [1.54, 1.807) is 39.8 Å². The van der Waals surface area contributed by atoms with Crippen LogP contribution in [-0.4, -0.2) is 41.3 Å². The minimum Gasteiger partial charge on any atom is -0.508 e. The highest BCUT2D eigenvalue weighted by atomic mass is 16.6. The van der Waals surface area contributed by atoms with Crippen molar-refractivity contribution >= 4 is 12.1 Å². The molecule has 0 fully saturated rings. The van der Waals surface area contributed by atoms with Crippen LogP contribution in [-0.2, 0) is 14.3 Å². The number of ether oxygens (including phenoxy) is 2. The predicted octanol–water partition coefficient (Wildman–Crippen LogP) is 2.86. The van der Waals surface area contributed by atoms with Crippen LogP contribution >= 0.6 is 0 Å². The molecule has 0 aliphatic rings. The number of carbonyl (C=O) groups excluding carboxylic acids is 2. The minimum absolute atomic E-state index is 0.132. The third-order valence-electron chi connectivity index (χ3n) is 3.00. The molecule has 1 atom stereocenters. The SMILES string of the molecule is COC(=O)CN(C(=O)OC(C)(C)C)C(C)c1ccc(O)cc1. The third-order valence-corrected chi connectivity index (χ3v) is 3.00. The quantitative estimate of drug-likeness (QED) is 0.865. The highest BCUT2D eigenvalue weighted by Crippen LogP contribution is 2.24. The monoisotopic (exact) mass is 309 g/mol. The Bertz CT molecular complexity index is 518. The van der Waals surface area contributed by atoms with Gasteiger partial charge < -0.3 is 14.6 Å². The first-order valence-electron chi connectivity index (χ1n) is 6.99. The Hall–Kier alpha value is -2.24. The Morgan fingerprint density at radius 1 is 1.23 bits per heavy atom. The molecule has 1 amide bonds. The maximum absolute atomic E-state index is 12.3. The van der Waals surface area contributed by atoms with Gasteiger partial charge >= 0.3 is 12.1 Å². The molecule has 1 aromatic carbocycles. The lowest BCUT2D eigenvalue weighted by Crippen LogP contribution is -2.41. The van der Waals surface area contributed by atoms with Gasteiger partial charge in [-0.15, -0.1) is 0 Å². The summed E-state index contributed by atoms with van der Waals surface area (Å²) in [6.07, 6.45) is -0.599. The van der Waals surface area contributed by atoms with Crippen molar-refractivity contribution in [3.05, 3.63) is 29.8 Å². The molecule has 0 bridgehead atoms. The topological polar surface area (TPSA) is 76.1 Å². The van der Waals surface area contributed by atoms with Gasteiger partial charge in [0.1, 0.15) is 17.9 Å². The van der Waals surface area contributed by atoms with E-state index in [0.717, 1.165) is 5.56 Å². The zero-order chi connectivity index (χ0) is 16.9. The number of aromatic hydroxyl groups is 1. The van der Waals surface area contributed by atoms with Crippen molar-refractivity contribution in [1.82, 2.24) is 4.90 Å². The first kappa shape index (κ1) is 17.8. The number of hydrogen-bond acceptors (Lipinski definition) is 5. The summed E-state index contributed by atoms with van der Waals surface area (Å²) in [6, 6.07) is 6.02. The van der Waals surface area contributed by atoms with Gasteiger partial charge in [0, 0.05) is 0 Å². The highest BCUT2D eigenvalue weighted by Gasteiger charge is 2.28. The normalized spacial score (nSPS) is 12.4. The van der Waals surface area contributed by atoms with E-state index in [1.165, 1.54) is 24.1 Å². The summed E-state index contributed by atoms with van der Waals surface area (Å²) in [5.41, 5.74) is 0.104. The fourth-order valence-electron chi connectivity index (χ4n) is 1.82. The number of nitrogens with zero attached hydrogens (tertiary/aromatic N) is 1. The molecule has 0 heterocycles. The molecule has 0 aliphatic heterocycles. The van der Waals surface area contributed by atoms with Crippen molar-refractivity contribution < 1.29 is 24.2 Å². The van der Waals surface area contributed by atoms with Gasteiger partial charge in [-0.25, -0.2) is 4.79 Å². The molecule has 1 aromatic rings. The van der Waals surface area contributed by atoms with Crippen molar-refractivity contribution in [3.8, 4) is 5.75 Å². The fraction of sp³-hybridized carbons (Fsp3) is 0.500. The second kappa shape index (κ2) is 7.15. The second-order valence-electron chi connectivity index (χ2n) is 5.95. The molecule has 0 radical (unpaired) electrons. The minimum atomic E-state index is -0.667. The first-order valence-corrected chi connectivity index (χ1v) is 6.99. The molecule has 6 nitrogen and oxygen atoms in total. The molecule has 122 valence electrons. The predicted molar refractivity (Wildman–Crippen MR) is 81.5 cm³/mol. The number of esters is 1. The van der Waals surface area contributed by atoms with E-state index in [1.807, 2.05) is 0 Å². The summed E-state index contributed by atoms with van der Waals surface area (Å²) in [4.78, 5) is 25.2. The average molecular weight is 309 g/mol. The molecule has 22 heavy (non-hydrogen) atoms. The van der Waals surface area contributed by atoms with Crippen LogP contribution in [0.2, 0.25) is 0 Å². The van der Waals surface area contributed by atoms with Crippen LogP contribution in [0.25, 0.3) is 0 Å². The zero-order valence-corrected chi connectivity index (χ0v) is 13.6. The number of amides is 1. The number of methoxy groups -OCH3 is 1. The summed E-state index contributed by atoms with van der Waals surface area (Å²) in [5.74, 6) is -0.399. The van der Waals surface area contributed by atoms with E-state index >= 15 is 0 Å². The standard InChI is InChI=1S/C16H23NO5/c1-11(12-6-8-13(18)9-7-12)17(10-14(19)21-5)15(20)22-16(2,3)4/h6-9,11,18H,10H2,1-5H3. The molecule has 1 N–H and O–H groups in total. The molecule has 0 saturated carbocycles. The Labute approximate surface area is 130 Å². The maximum Gasteiger partial charge on any atom is 0.411 e. The van der Waals surface area contributed by atoms with Gasteiger partial charge in [0.2, 0.25) is 0 Å². The fourth-order valence-corrected chi connectivity index (χ4v) is 1.82. The van der Waals surface area contributed by atoms with Gasteiger partial charge in [0.25, 0.3) is 0 Å². The van der Waals surface area contributed by atoms with Crippen LogP contribution in [0.1, 0.15) is 39.3 Å². The molecule has 6 heteroatoms. The first-order chi connectivity index (χ1) is 10.1. The van der Waals surface area contributed by atoms with Gasteiger partial charge in [-0.2, -0.15) is 0 Å². The highest BCUT2D eigenvalue weighted by molar-refractivity contribution is 5.78. The average Bonchev–Trinajstić information content (AvgIpc) is 2.42. The van der Waals surface area contributed by atoms with Crippen molar-refractivity contribution in [1.29, 1.82) is 0 Å². The molecule has 0 saturated heterocycles. The third kappa shape index (κ3) is 5.27. The number of carbonyl (C=O) groups is 2. The van der Waals surface area contributed by atoms with E-state index in [9.17, 15) is 14.7 Å². The summed E-state index contributed by atoms with van der Waals surface area (Å²) >= 11 is 0. The molecule has 0 spiro atoms. The lowest BCUT2D eigenvalue weighted by atomic mass is 10.1. The van der Waals surface area contributed by atoms with Gasteiger partial charge in [-0.1, -0.05) is 12.1 Å². The smallest absolute Gasteiger partial charge is 0.411 e. The van der Waals surface area contributed by atoms with Crippen molar-refractivity contribution in [2.75, 3.05) is 13.7 Å². The summed E-state index contributed by atoms with van der Waals surface area (Å²) < 4.78 is 9.98. The van der Waals surface area contributed by atoms with Crippen LogP contribution in [0.15, 0.2) is 24.3 Å². The van der Waals surface area contributed by atoms with Gasteiger partial charge in [-0.05, 0) is 45.4 Å². The van der Waals surface area contributed by atoms with Gasteiger partial charge in [0.15, 0.2) is 0 Å². The molecule has 0 aliphatic carbocycles. The van der Waals surface area contributed by atoms with E-state index < -0.39 is 23.7 Å². The Kier molecular flexibility index (Phi) is 5.79. The number of rotatable bonds is 4. The van der Waals surface area contributed by atoms with Gasteiger partial charge in [-0.3, -0.25) is 9.69 Å². The number of phenolic OH excluding ortho intramolecular Hbond substituents is 1. The van der Waals surface area contributed by atoms with Crippen molar-refractivity contribution in [2.45, 2.75) is 39.3 Å². The van der Waals surface area contributed by atoms with E-state index in [0.29, 0.717) is 0 Å². The number of phenols is 1. The van der Waals surface area contributed by atoms with E-state index in [4.69, 9.17) is 4.74 Å². The van der Waals surface area contributed by atoms with Gasteiger partial charge in [0.05, 0.1) is 13.2 Å². The lowest BCUT2D eigenvalue weighted by molar-refractivity contribution is -0.142. The summed E-state index contributed by atoms with van der Waals surface area (Å²) in [5, 5.41) is 9.34. The Morgan fingerprint density at radius 2 is 1.77 bits per heavy atom. The molecular formula is C16H23NO5. The Balaban J connectivity index is 3.00. The van der Waals surface area contributed by atoms with Crippen molar-refractivity contribution in [3.63, 3.8) is 0 Å². The zero-order valence-electron chi connectivity index (χ0n) is 13.6. The van der Waals surface area contributed by atoms with Crippen LogP contribution in [0.3, 0.4) is 0 Å². The largest absolute Gasteiger partial charge is 0.508 e. The molecule has 0 aromatic heterocycles. The maximum atomic E-state index is 12.3. The van der Waals surface area contributed by atoms with Crippen LogP contribution in [0, 0.1) is 0 Å². The second-order valence-corrected chi connectivity index (χ2v) is 5.95. The van der Waals surface area contributed by atoms with Crippen LogP contribution in [0.5, 0.6) is 5.75 Å². The Morgan fingerprint density at radius 3 is 2.23 bits per heavy atom. The number of hydrogen-bond donors (Lipinski definition) is 1. The summed E-state index contributed by atoms with van der Waals surface area (Å²) in [6.45, 7) is 6.83. The molecule has 1 rings (SSSR count). The van der Waals surface area contributed by atoms with E-state index in [2.05, 4.69) is 4.74 Å².